The number of hydrogen-bond acceptors (Lipinski definition) is 3. The summed E-state index contributed by atoms with van der Waals surface area (Å²) in [6, 6.07) is 2.65. The number of nitrogens with one attached hydrogen (secondary N) is 2. The van der Waals surface area contributed by atoms with Crippen molar-refractivity contribution in [1.82, 2.24) is 10.3 Å². The van der Waals surface area contributed by atoms with Crippen molar-refractivity contribution in [2.24, 2.45) is 0 Å². The second kappa shape index (κ2) is 6.66. The second-order valence-corrected chi connectivity index (χ2v) is 4.92. The number of amides is 1. The van der Waals surface area contributed by atoms with Crippen molar-refractivity contribution in [3.05, 3.63) is 68.9 Å². The number of carbonyl (C=O) groups is 1. The number of aromatic nitrogens is 1. The van der Waals surface area contributed by atoms with Crippen molar-refractivity contribution in [1.29, 1.82) is 0 Å². The second-order valence-electron chi connectivity index (χ2n) is 4.92. The minimum absolute atomic E-state index is 0.0211. The summed E-state index contributed by atoms with van der Waals surface area (Å²) in [6.07, 6.45) is 0. The van der Waals surface area contributed by atoms with Crippen LogP contribution in [0.4, 0.5) is 13.2 Å². The van der Waals surface area contributed by atoms with Crippen molar-refractivity contribution >= 4 is 5.91 Å². The van der Waals surface area contributed by atoms with Gasteiger partial charge in [-0.05, 0) is 30.7 Å². The predicted molar refractivity (Wildman–Crippen MR) is 75.4 cm³/mol. The van der Waals surface area contributed by atoms with E-state index in [0.29, 0.717) is 17.8 Å². The molecule has 1 amide bonds. The Labute approximate surface area is 128 Å². The van der Waals surface area contributed by atoms with E-state index in [2.05, 4.69) is 10.3 Å². The van der Waals surface area contributed by atoms with E-state index >= 15 is 0 Å². The number of benzene rings is 1. The summed E-state index contributed by atoms with van der Waals surface area (Å²) >= 11 is 0. The van der Waals surface area contributed by atoms with E-state index in [1.807, 2.05) is 0 Å². The molecule has 8 heteroatoms. The molecule has 0 saturated carbocycles. The first kappa shape index (κ1) is 16.8. The first-order valence-electron chi connectivity index (χ1n) is 6.59. The van der Waals surface area contributed by atoms with Crippen LogP contribution in [0, 0.1) is 24.4 Å². The fourth-order valence-corrected chi connectivity index (χ4v) is 2.07. The van der Waals surface area contributed by atoms with Crippen molar-refractivity contribution in [2.45, 2.75) is 13.0 Å². The van der Waals surface area contributed by atoms with Crippen LogP contribution >= 0.6 is 0 Å². The molecular formula is C15H13F3N2O3. The maximum absolute atomic E-state index is 13.2. The van der Waals surface area contributed by atoms with E-state index in [1.54, 1.807) is 6.92 Å². The summed E-state index contributed by atoms with van der Waals surface area (Å²) in [5.41, 5.74) is -0.164. The van der Waals surface area contributed by atoms with Gasteiger partial charge in [0.05, 0.1) is 12.6 Å². The molecule has 2 aromatic rings. The van der Waals surface area contributed by atoms with Gasteiger partial charge < -0.3 is 15.4 Å². The molecule has 1 unspecified atom stereocenters. The number of aliphatic hydroxyl groups is 1. The molecule has 3 N–H and O–H groups in total. The van der Waals surface area contributed by atoms with E-state index in [1.165, 1.54) is 6.07 Å². The Bertz CT molecular complexity index is 782. The lowest BCUT2D eigenvalue weighted by atomic mass is 10.1. The van der Waals surface area contributed by atoms with Gasteiger partial charge in [0.2, 0.25) is 5.56 Å². The zero-order chi connectivity index (χ0) is 17.1. The quantitative estimate of drug-likeness (QED) is 0.746. The SMILES string of the molecule is Cc1cc(C(=O)NC(CO)c2cc(F)c(F)c(F)c2)cc(=O)[nH]1. The van der Waals surface area contributed by atoms with Gasteiger partial charge in [-0.25, -0.2) is 13.2 Å². The van der Waals surface area contributed by atoms with Crippen molar-refractivity contribution in [3.8, 4) is 0 Å². The summed E-state index contributed by atoms with van der Waals surface area (Å²) in [4.78, 5) is 25.9. The van der Waals surface area contributed by atoms with E-state index in [0.717, 1.165) is 6.07 Å². The minimum atomic E-state index is -1.64. The summed E-state index contributed by atoms with van der Waals surface area (Å²) < 4.78 is 39.5. The molecule has 5 nitrogen and oxygen atoms in total. The Kier molecular flexibility index (Phi) is 4.85. The third-order valence-corrected chi connectivity index (χ3v) is 3.14. The number of hydrogen-bond donors (Lipinski definition) is 3. The molecular weight excluding hydrogens is 313 g/mol. The van der Waals surface area contributed by atoms with Gasteiger partial charge in [-0.2, -0.15) is 0 Å². The molecule has 0 aliphatic rings. The Morgan fingerprint density at radius 1 is 1.22 bits per heavy atom. The molecule has 0 bridgehead atoms. The molecule has 122 valence electrons. The number of aromatic amines is 1. The molecule has 0 spiro atoms. The molecule has 0 fully saturated rings. The highest BCUT2D eigenvalue weighted by Gasteiger charge is 2.19. The zero-order valence-corrected chi connectivity index (χ0v) is 12.0. The standard InChI is InChI=1S/C15H13F3N2O3/c1-7-2-9(5-13(22)19-7)15(23)20-12(6-21)8-3-10(16)14(18)11(17)4-8/h2-5,12,21H,6H2,1H3,(H,19,22)(H,20,23). The van der Waals surface area contributed by atoms with Gasteiger partial charge in [-0.3, -0.25) is 9.59 Å². The molecule has 2 rings (SSSR count). The van der Waals surface area contributed by atoms with Crippen molar-refractivity contribution in [3.63, 3.8) is 0 Å². The molecule has 23 heavy (non-hydrogen) atoms. The molecule has 1 aromatic heterocycles. The van der Waals surface area contributed by atoms with Crippen LogP contribution in [0.3, 0.4) is 0 Å². The third-order valence-electron chi connectivity index (χ3n) is 3.14. The van der Waals surface area contributed by atoms with Crippen LogP contribution in [-0.2, 0) is 0 Å². The number of pyridine rings is 1. The van der Waals surface area contributed by atoms with Crippen LogP contribution < -0.4 is 10.9 Å². The van der Waals surface area contributed by atoms with Crippen molar-refractivity contribution < 1.29 is 23.1 Å². The highest BCUT2D eigenvalue weighted by molar-refractivity contribution is 5.94. The van der Waals surface area contributed by atoms with Gasteiger partial charge in [0.15, 0.2) is 17.5 Å². The molecule has 1 heterocycles. The van der Waals surface area contributed by atoms with Gasteiger partial charge >= 0.3 is 0 Å². The predicted octanol–water partition coefficient (Wildman–Crippen LogP) is 1.56. The first-order chi connectivity index (χ1) is 10.8. The summed E-state index contributed by atoms with van der Waals surface area (Å²) in [5.74, 6) is -5.22. The Morgan fingerprint density at radius 3 is 2.35 bits per heavy atom. The fraction of sp³-hybridized carbons (Fsp3) is 0.200. The lowest BCUT2D eigenvalue weighted by Gasteiger charge is -2.17. The van der Waals surface area contributed by atoms with Crippen molar-refractivity contribution in [2.75, 3.05) is 6.61 Å². The van der Waals surface area contributed by atoms with Gasteiger partial charge in [0.25, 0.3) is 5.91 Å². The summed E-state index contributed by atoms with van der Waals surface area (Å²) in [7, 11) is 0. The van der Waals surface area contributed by atoms with Gasteiger partial charge in [-0.1, -0.05) is 0 Å². The smallest absolute Gasteiger partial charge is 0.252 e. The Morgan fingerprint density at radius 2 is 1.83 bits per heavy atom. The fourth-order valence-electron chi connectivity index (χ4n) is 2.07. The van der Waals surface area contributed by atoms with Gasteiger partial charge in [0, 0.05) is 17.3 Å². The molecule has 1 atom stereocenters. The minimum Gasteiger partial charge on any atom is -0.394 e. The summed E-state index contributed by atoms with van der Waals surface area (Å²) in [6.45, 7) is 0.908. The lowest BCUT2D eigenvalue weighted by Crippen LogP contribution is -2.31. The van der Waals surface area contributed by atoms with Crippen LogP contribution in [-0.4, -0.2) is 22.6 Å². The van der Waals surface area contributed by atoms with E-state index < -0.39 is 41.6 Å². The van der Waals surface area contributed by atoms with Crippen LogP contribution in [0.2, 0.25) is 0 Å². The Balaban J connectivity index is 2.29. The monoisotopic (exact) mass is 326 g/mol. The van der Waals surface area contributed by atoms with Crippen LogP contribution in [0.15, 0.2) is 29.1 Å². The number of aliphatic hydroxyl groups excluding tert-OH is 1. The largest absolute Gasteiger partial charge is 0.394 e. The Hall–Kier alpha value is -2.61. The van der Waals surface area contributed by atoms with E-state index in [-0.39, 0.29) is 11.1 Å². The highest BCUT2D eigenvalue weighted by atomic mass is 19.2. The molecule has 0 aliphatic heterocycles. The highest BCUT2D eigenvalue weighted by Crippen LogP contribution is 2.19. The number of halogens is 3. The molecule has 1 aromatic carbocycles. The molecule has 0 radical (unpaired) electrons. The first-order valence-corrected chi connectivity index (χ1v) is 6.59. The van der Waals surface area contributed by atoms with Crippen LogP contribution in [0.5, 0.6) is 0 Å². The van der Waals surface area contributed by atoms with Gasteiger partial charge in [0.1, 0.15) is 0 Å². The van der Waals surface area contributed by atoms with E-state index in [9.17, 15) is 27.9 Å². The number of rotatable bonds is 4. The maximum Gasteiger partial charge on any atom is 0.252 e. The van der Waals surface area contributed by atoms with Crippen LogP contribution in [0.1, 0.15) is 27.7 Å². The topological polar surface area (TPSA) is 82.2 Å². The molecule has 0 saturated heterocycles. The number of carbonyl (C=O) groups excluding carboxylic acids is 1. The van der Waals surface area contributed by atoms with Crippen LogP contribution in [0.25, 0.3) is 0 Å². The number of H-pyrrole nitrogens is 1. The molecule has 0 aliphatic carbocycles. The van der Waals surface area contributed by atoms with E-state index in [4.69, 9.17) is 0 Å². The lowest BCUT2D eigenvalue weighted by molar-refractivity contribution is 0.0915. The zero-order valence-electron chi connectivity index (χ0n) is 12.0. The van der Waals surface area contributed by atoms with Gasteiger partial charge in [-0.15, -0.1) is 0 Å². The normalized spacial score (nSPS) is 12.0. The average Bonchev–Trinajstić information content (AvgIpc) is 2.48. The number of aryl methyl sites for hydroxylation is 1. The third kappa shape index (κ3) is 3.78. The summed E-state index contributed by atoms with van der Waals surface area (Å²) in [5, 5.41) is 11.6. The average molecular weight is 326 g/mol. The maximum atomic E-state index is 13.2.